The van der Waals surface area contributed by atoms with Crippen molar-refractivity contribution >= 4 is 18.5 Å². The number of anilines is 1. The van der Waals surface area contributed by atoms with Gasteiger partial charge in [-0.1, -0.05) is 37.1 Å². The van der Waals surface area contributed by atoms with E-state index in [1.807, 2.05) is 0 Å². The van der Waals surface area contributed by atoms with Gasteiger partial charge in [0.25, 0.3) is 0 Å². The maximum Gasteiger partial charge on any atom is 0.119 e. The predicted molar refractivity (Wildman–Crippen MR) is 127 cm³/mol. The number of methoxy groups -OCH3 is 1. The molecule has 2 aromatic rings. The van der Waals surface area contributed by atoms with Gasteiger partial charge in [-0.2, -0.15) is 0 Å². The van der Waals surface area contributed by atoms with Gasteiger partial charge in [-0.15, -0.1) is 0 Å². The minimum atomic E-state index is 0.213. The number of benzene rings is 2. The van der Waals surface area contributed by atoms with Crippen LogP contribution in [-0.4, -0.2) is 49.8 Å². The first-order chi connectivity index (χ1) is 14.7. The van der Waals surface area contributed by atoms with Gasteiger partial charge in [0.1, 0.15) is 5.75 Å². The zero-order chi connectivity index (χ0) is 20.9. The molecule has 0 amide bonds. The number of ether oxygens (including phenoxy) is 2. The van der Waals surface area contributed by atoms with Crippen LogP contribution < -0.4 is 9.64 Å². The predicted octanol–water partition coefficient (Wildman–Crippen LogP) is 4.77. The molecule has 1 saturated heterocycles. The van der Waals surface area contributed by atoms with E-state index in [-0.39, 0.29) is 6.10 Å². The van der Waals surface area contributed by atoms with Gasteiger partial charge in [-0.25, -0.2) is 4.31 Å². The van der Waals surface area contributed by atoms with Gasteiger partial charge in [0.05, 0.1) is 19.3 Å². The molecule has 0 spiro atoms. The summed E-state index contributed by atoms with van der Waals surface area (Å²) < 4.78 is 14.1. The highest BCUT2D eigenvalue weighted by molar-refractivity contribution is 7.77. The van der Waals surface area contributed by atoms with Crippen molar-refractivity contribution < 1.29 is 9.47 Å². The number of hydrogen-bond donors (Lipinski definition) is 1. The molecule has 162 valence electrons. The minimum absolute atomic E-state index is 0.213. The van der Waals surface area contributed by atoms with Crippen molar-refractivity contribution in [3.05, 3.63) is 59.7 Å². The van der Waals surface area contributed by atoms with Crippen LogP contribution in [0.5, 0.6) is 5.75 Å². The van der Waals surface area contributed by atoms with Crippen LogP contribution in [0.4, 0.5) is 5.69 Å². The molecule has 0 bridgehead atoms. The third kappa shape index (κ3) is 4.96. The molecule has 2 aliphatic rings. The molecular formula is C25H34N2O2S. The zero-order valence-electron chi connectivity index (χ0n) is 18.2. The van der Waals surface area contributed by atoms with Crippen molar-refractivity contribution in [2.75, 3.05) is 32.2 Å². The van der Waals surface area contributed by atoms with Crippen LogP contribution in [0, 0.1) is 0 Å². The van der Waals surface area contributed by atoms with E-state index in [2.05, 4.69) is 64.8 Å². The van der Waals surface area contributed by atoms with Crippen molar-refractivity contribution in [3.63, 3.8) is 0 Å². The number of rotatable bonds is 4. The van der Waals surface area contributed by atoms with Gasteiger partial charge >= 0.3 is 0 Å². The molecule has 30 heavy (non-hydrogen) atoms. The molecule has 0 N–H and O–H groups in total. The molecule has 3 atom stereocenters. The number of nitrogens with zero attached hydrogens (tertiary/aromatic N) is 2. The number of hydrogen-bond acceptors (Lipinski definition) is 5. The Morgan fingerprint density at radius 2 is 1.90 bits per heavy atom. The summed E-state index contributed by atoms with van der Waals surface area (Å²) in [6.07, 6.45) is 6.64. The fourth-order valence-electron chi connectivity index (χ4n) is 4.92. The van der Waals surface area contributed by atoms with Crippen LogP contribution in [0.25, 0.3) is 0 Å². The Balaban J connectivity index is 1.47. The number of fused-ring (bicyclic) bond motifs is 1. The molecule has 2 aromatic carbocycles. The largest absolute Gasteiger partial charge is 0.497 e. The molecule has 0 saturated carbocycles. The van der Waals surface area contributed by atoms with Gasteiger partial charge in [-0.3, -0.25) is 0 Å². The fraction of sp³-hybridized carbons (Fsp3) is 0.520. The van der Waals surface area contributed by atoms with Crippen LogP contribution in [-0.2, 0) is 17.6 Å². The van der Waals surface area contributed by atoms with Crippen LogP contribution in [0.2, 0.25) is 0 Å². The summed E-state index contributed by atoms with van der Waals surface area (Å²) in [7, 11) is 3.95. The number of thiol groups is 1. The van der Waals surface area contributed by atoms with E-state index in [9.17, 15) is 0 Å². The normalized spacial score (nSPS) is 25.5. The Kier molecular flexibility index (Phi) is 7.24. The van der Waals surface area contributed by atoms with Gasteiger partial charge in [0, 0.05) is 31.9 Å². The van der Waals surface area contributed by atoms with Crippen LogP contribution in [0.15, 0.2) is 48.5 Å². The minimum Gasteiger partial charge on any atom is -0.497 e. The summed E-state index contributed by atoms with van der Waals surface area (Å²) in [4.78, 5) is 2.42. The van der Waals surface area contributed by atoms with Gasteiger partial charge in [0.2, 0.25) is 0 Å². The average molecular weight is 427 g/mol. The lowest BCUT2D eigenvalue weighted by atomic mass is 9.90. The summed E-state index contributed by atoms with van der Waals surface area (Å²) in [5, 5.41) is 0. The summed E-state index contributed by atoms with van der Waals surface area (Å²) in [5.41, 5.74) is 4.10. The topological polar surface area (TPSA) is 24.9 Å². The van der Waals surface area contributed by atoms with E-state index < -0.39 is 0 Å². The highest BCUT2D eigenvalue weighted by Crippen LogP contribution is 2.30. The van der Waals surface area contributed by atoms with Crippen LogP contribution in [0.3, 0.4) is 0 Å². The molecule has 4 rings (SSSR count). The molecular weight excluding hydrogens is 392 g/mol. The quantitative estimate of drug-likeness (QED) is 0.712. The molecule has 2 heterocycles. The van der Waals surface area contributed by atoms with E-state index in [0.717, 1.165) is 57.4 Å². The Hall–Kier alpha value is -1.69. The van der Waals surface area contributed by atoms with Crippen molar-refractivity contribution in [2.45, 2.75) is 56.7 Å². The highest BCUT2D eigenvalue weighted by atomic mass is 32.1. The molecule has 0 aliphatic carbocycles. The first kappa shape index (κ1) is 21.5. The molecule has 0 aromatic heterocycles. The summed E-state index contributed by atoms with van der Waals surface area (Å²) >= 11 is 4.89. The summed E-state index contributed by atoms with van der Waals surface area (Å²) in [6.45, 7) is 1.79. The Morgan fingerprint density at radius 1 is 1.07 bits per heavy atom. The maximum atomic E-state index is 6.44. The third-order valence-corrected chi connectivity index (χ3v) is 7.26. The van der Waals surface area contributed by atoms with Crippen molar-refractivity contribution in [3.8, 4) is 5.75 Å². The van der Waals surface area contributed by atoms with Crippen molar-refractivity contribution in [1.29, 1.82) is 0 Å². The lowest BCUT2D eigenvalue weighted by Crippen LogP contribution is -2.43. The molecule has 0 radical (unpaired) electrons. The first-order valence-corrected chi connectivity index (χ1v) is 11.6. The lowest BCUT2D eigenvalue weighted by molar-refractivity contribution is 0.0122. The maximum absolute atomic E-state index is 6.44. The number of aryl methyl sites for hydroxylation is 1. The Labute approximate surface area is 186 Å². The van der Waals surface area contributed by atoms with E-state index in [0.29, 0.717) is 12.1 Å². The average Bonchev–Trinajstić information content (AvgIpc) is 3.03. The van der Waals surface area contributed by atoms with E-state index in [1.165, 1.54) is 16.8 Å². The smallest absolute Gasteiger partial charge is 0.119 e. The van der Waals surface area contributed by atoms with Gasteiger partial charge in [0.15, 0.2) is 0 Å². The number of para-hydroxylation sites is 1. The Bertz CT molecular complexity index is 816. The molecule has 4 nitrogen and oxygen atoms in total. The third-order valence-electron chi connectivity index (χ3n) is 6.77. The molecule has 3 unspecified atom stereocenters. The van der Waals surface area contributed by atoms with Crippen molar-refractivity contribution in [2.24, 2.45) is 0 Å². The van der Waals surface area contributed by atoms with Crippen LogP contribution >= 0.6 is 12.8 Å². The van der Waals surface area contributed by atoms with E-state index in [4.69, 9.17) is 22.3 Å². The SMILES string of the molecule is COc1ccc2c(c1)CCCN(S)C(C1CCC(N(C)c3ccccc3)CCO1)C2. The monoisotopic (exact) mass is 426 g/mol. The second-order valence-electron chi connectivity index (χ2n) is 8.55. The highest BCUT2D eigenvalue weighted by Gasteiger charge is 2.32. The van der Waals surface area contributed by atoms with E-state index >= 15 is 0 Å². The van der Waals surface area contributed by atoms with Gasteiger partial charge in [-0.05, 0) is 73.9 Å². The standard InChI is InChI=1S/C25H34N2O2S/c1-26(21-8-4-3-5-9-21)22-11-13-25(29-16-14-22)24-18-20-10-12-23(28-2)17-19(20)7-6-15-27(24)30/h3-5,8-10,12,17,22,24-25,30H,6-7,11,13-16,18H2,1-2H3. The first-order valence-electron chi connectivity index (χ1n) is 11.2. The lowest BCUT2D eigenvalue weighted by Gasteiger charge is -2.35. The summed E-state index contributed by atoms with van der Waals surface area (Å²) in [6, 6.07) is 18.0. The fourth-order valence-corrected chi connectivity index (χ4v) is 5.29. The second-order valence-corrected chi connectivity index (χ2v) is 9.06. The zero-order valence-corrected chi connectivity index (χ0v) is 19.1. The molecule has 5 heteroatoms. The summed E-state index contributed by atoms with van der Waals surface area (Å²) in [5.74, 6) is 0.950. The van der Waals surface area contributed by atoms with Crippen LogP contribution in [0.1, 0.15) is 36.8 Å². The second kappa shape index (κ2) is 10.1. The molecule has 1 fully saturated rings. The van der Waals surface area contributed by atoms with Crippen molar-refractivity contribution in [1.82, 2.24) is 4.31 Å². The Morgan fingerprint density at radius 3 is 2.70 bits per heavy atom. The van der Waals surface area contributed by atoms with Gasteiger partial charge < -0.3 is 14.4 Å². The molecule has 2 aliphatic heterocycles. The van der Waals surface area contributed by atoms with E-state index in [1.54, 1.807) is 7.11 Å².